The first-order valence-electron chi connectivity index (χ1n) is 6.30. The molecule has 7 heteroatoms. The van der Waals surface area contributed by atoms with Crippen LogP contribution in [0.2, 0.25) is 0 Å². The van der Waals surface area contributed by atoms with E-state index in [0.29, 0.717) is 23.3 Å². The van der Waals surface area contributed by atoms with Gasteiger partial charge in [0, 0.05) is 6.07 Å². The Morgan fingerprint density at radius 3 is 2.57 bits per heavy atom. The minimum atomic E-state index is -0.473. The zero-order valence-electron chi connectivity index (χ0n) is 11.3. The fourth-order valence-electron chi connectivity index (χ4n) is 1.82. The molecule has 1 aromatic carbocycles. The first-order valence-corrected chi connectivity index (χ1v) is 6.30. The van der Waals surface area contributed by atoms with E-state index in [1.54, 1.807) is 12.1 Å². The van der Waals surface area contributed by atoms with E-state index in [2.05, 4.69) is 20.3 Å². The number of hydrogen-bond acceptors (Lipinski definition) is 7. The first kappa shape index (κ1) is 13.2. The molecule has 0 aliphatic rings. The van der Waals surface area contributed by atoms with Crippen molar-refractivity contribution in [2.75, 3.05) is 7.11 Å². The molecular weight excluding hydrogens is 270 g/mol. The van der Waals surface area contributed by atoms with Crippen LogP contribution >= 0.6 is 0 Å². The van der Waals surface area contributed by atoms with Crippen LogP contribution in [0.15, 0.2) is 47.0 Å². The highest BCUT2D eigenvalue weighted by Gasteiger charge is 2.18. The Bertz CT molecular complexity index is 712. The molecule has 106 valence electrons. The smallest absolute Gasteiger partial charge is 0.248 e. The van der Waals surface area contributed by atoms with Crippen molar-refractivity contribution < 1.29 is 9.26 Å². The van der Waals surface area contributed by atoms with Gasteiger partial charge in [-0.25, -0.2) is 0 Å². The average Bonchev–Trinajstić information content (AvgIpc) is 3.05. The number of ether oxygens (including phenoxy) is 1. The second-order valence-corrected chi connectivity index (χ2v) is 4.31. The number of methoxy groups -OCH3 is 1. The highest BCUT2D eigenvalue weighted by atomic mass is 16.5. The number of nitrogens with two attached hydrogens (primary N) is 1. The molecule has 0 radical (unpaired) electrons. The van der Waals surface area contributed by atoms with Crippen molar-refractivity contribution in [1.29, 1.82) is 0 Å². The number of rotatable bonds is 4. The van der Waals surface area contributed by atoms with Gasteiger partial charge in [0.2, 0.25) is 17.6 Å². The highest BCUT2D eigenvalue weighted by Crippen LogP contribution is 2.20. The van der Waals surface area contributed by atoms with Crippen LogP contribution in [0.1, 0.15) is 17.5 Å². The molecule has 3 aromatic rings. The summed E-state index contributed by atoms with van der Waals surface area (Å²) in [6, 6.07) is 12.4. The van der Waals surface area contributed by atoms with Crippen LogP contribution in [0, 0.1) is 0 Å². The van der Waals surface area contributed by atoms with Gasteiger partial charge >= 0.3 is 0 Å². The maximum absolute atomic E-state index is 6.10. The number of benzene rings is 1. The highest BCUT2D eigenvalue weighted by molar-refractivity contribution is 5.47. The Balaban J connectivity index is 1.85. The predicted octanol–water partition coefficient (Wildman–Crippen LogP) is 1.58. The lowest BCUT2D eigenvalue weighted by Gasteiger charge is -2.05. The SMILES string of the molecule is COc1ccc(-c2noc(C(N)c3ccccc3)n2)nn1. The van der Waals surface area contributed by atoms with Gasteiger partial charge in [-0.3, -0.25) is 0 Å². The number of hydrogen-bond donors (Lipinski definition) is 1. The average molecular weight is 283 g/mol. The molecule has 1 unspecified atom stereocenters. The molecule has 3 rings (SSSR count). The summed E-state index contributed by atoms with van der Waals surface area (Å²) >= 11 is 0. The summed E-state index contributed by atoms with van der Waals surface area (Å²) in [4.78, 5) is 4.27. The summed E-state index contributed by atoms with van der Waals surface area (Å²) in [6.07, 6.45) is 0. The fourth-order valence-corrected chi connectivity index (χ4v) is 1.82. The lowest BCUT2D eigenvalue weighted by atomic mass is 10.1. The van der Waals surface area contributed by atoms with Crippen molar-refractivity contribution in [3.63, 3.8) is 0 Å². The van der Waals surface area contributed by atoms with Crippen molar-refractivity contribution in [2.24, 2.45) is 5.73 Å². The van der Waals surface area contributed by atoms with Crippen molar-refractivity contribution in [1.82, 2.24) is 20.3 Å². The zero-order valence-corrected chi connectivity index (χ0v) is 11.3. The minimum absolute atomic E-state index is 0.328. The summed E-state index contributed by atoms with van der Waals surface area (Å²) in [5.74, 6) is 1.09. The predicted molar refractivity (Wildman–Crippen MR) is 74.3 cm³/mol. The van der Waals surface area contributed by atoms with Gasteiger partial charge in [-0.2, -0.15) is 4.98 Å². The van der Waals surface area contributed by atoms with E-state index in [0.717, 1.165) is 5.56 Å². The molecule has 2 heterocycles. The van der Waals surface area contributed by atoms with Crippen LogP contribution in [0.5, 0.6) is 5.88 Å². The molecule has 0 fully saturated rings. The molecule has 21 heavy (non-hydrogen) atoms. The quantitative estimate of drug-likeness (QED) is 0.775. The first-order chi connectivity index (χ1) is 10.3. The van der Waals surface area contributed by atoms with E-state index in [4.69, 9.17) is 15.0 Å². The third-order valence-corrected chi connectivity index (χ3v) is 2.94. The maximum atomic E-state index is 6.10. The molecule has 0 saturated heterocycles. The van der Waals surface area contributed by atoms with Gasteiger partial charge in [0.25, 0.3) is 0 Å². The van der Waals surface area contributed by atoms with Crippen molar-refractivity contribution in [2.45, 2.75) is 6.04 Å². The van der Waals surface area contributed by atoms with E-state index in [1.807, 2.05) is 30.3 Å². The van der Waals surface area contributed by atoms with Gasteiger partial charge < -0.3 is 15.0 Å². The monoisotopic (exact) mass is 283 g/mol. The maximum Gasteiger partial charge on any atom is 0.248 e. The molecule has 0 saturated carbocycles. The second kappa shape index (κ2) is 5.68. The van der Waals surface area contributed by atoms with E-state index >= 15 is 0 Å². The van der Waals surface area contributed by atoms with Gasteiger partial charge in [-0.15, -0.1) is 10.2 Å². The standard InChI is InChI=1S/C14H13N5O2/c1-20-11-8-7-10(17-18-11)13-16-14(21-19-13)12(15)9-5-3-2-4-6-9/h2-8,12H,15H2,1H3. The second-order valence-electron chi connectivity index (χ2n) is 4.31. The number of nitrogens with zero attached hydrogens (tertiary/aromatic N) is 4. The summed E-state index contributed by atoms with van der Waals surface area (Å²) < 4.78 is 10.2. The zero-order chi connectivity index (χ0) is 14.7. The third-order valence-electron chi connectivity index (χ3n) is 2.94. The van der Waals surface area contributed by atoms with Gasteiger partial charge in [-0.05, 0) is 11.6 Å². The van der Waals surface area contributed by atoms with E-state index in [9.17, 15) is 0 Å². The Morgan fingerprint density at radius 1 is 1.10 bits per heavy atom. The van der Waals surface area contributed by atoms with E-state index in [-0.39, 0.29) is 0 Å². The van der Waals surface area contributed by atoms with Crippen LogP contribution in [0.25, 0.3) is 11.5 Å². The van der Waals surface area contributed by atoms with E-state index < -0.39 is 6.04 Å². The Labute approximate surface area is 120 Å². The lowest BCUT2D eigenvalue weighted by molar-refractivity contribution is 0.367. The Hall–Kier alpha value is -2.80. The Morgan fingerprint density at radius 2 is 1.90 bits per heavy atom. The van der Waals surface area contributed by atoms with Crippen LogP contribution in [-0.2, 0) is 0 Å². The van der Waals surface area contributed by atoms with Gasteiger partial charge in [-0.1, -0.05) is 35.5 Å². The molecule has 0 amide bonds. The molecule has 0 bridgehead atoms. The van der Waals surface area contributed by atoms with Crippen LogP contribution in [-0.4, -0.2) is 27.4 Å². The molecule has 1 atom stereocenters. The van der Waals surface area contributed by atoms with Crippen LogP contribution < -0.4 is 10.5 Å². The minimum Gasteiger partial charge on any atom is -0.480 e. The van der Waals surface area contributed by atoms with E-state index in [1.165, 1.54) is 7.11 Å². The summed E-state index contributed by atoms with van der Waals surface area (Å²) in [7, 11) is 1.52. The molecule has 7 nitrogen and oxygen atoms in total. The number of aromatic nitrogens is 4. The normalized spacial score (nSPS) is 12.1. The molecule has 0 spiro atoms. The molecule has 0 aliphatic carbocycles. The molecular formula is C14H13N5O2. The van der Waals surface area contributed by atoms with Crippen LogP contribution in [0.4, 0.5) is 0 Å². The van der Waals surface area contributed by atoms with Gasteiger partial charge in [0.15, 0.2) is 0 Å². The van der Waals surface area contributed by atoms with Gasteiger partial charge in [0.1, 0.15) is 11.7 Å². The fraction of sp³-hybridized carbons (Fsp3) is 0.143. The Kier molecular flexibility index (Phi) is 3.57. The van der Waals surface area contributed by atoms with Gasteiger partial charge in [0.05, 0.1) is 7.11 Å². The summed E-state index contributed by atoms with van der Waals surface area (Å²) in [5.41, 5.74) is 7.49. The molecule has 2 N–H and O–H groups in total. The third kappa shape index (κ3) is 2.72. The van der Waals surface area contributed by atoms with Crippen molar-refractivity contribution in [3.8, 4) is 17.4 Å². The topological polar surface area (TPSA) is 100.0 Å². The molecule has 2 aromatic heterocycles. The lowest BCUT2D eigenvalue weighted by Crippen LogP contribution is -2.12. The largest absolute Gasteiger partial charge is 0.480 e. The summed E-state index contributed by atoms with van der Waals surface area (Å²) in [5, 5.41) is 11.7. The summed E-state index contributed by atoms with van der Waals surface area (Å²) in [6.45, 7) is 0. The van der Waals surface area contributed by atoms with Crippen LogP contribution in [0.3, 0.4) is 0 Å². The molecule has 0 aliphatic heterocycles. The van der Waals surface area contributed by atoms with Crippen molar-refractivity contribution >= 4 is 0 Å². The van der Waals surface area contributed by atoms with Crippen molar-refractivity contribution in [3.05, 3.63) is 53.9 Å².